The number of anilines is 1. The first-order valence-electron chi connectivity index (χ1n) is 9.32. The van der Waals surface area contributed by atoms with Crippen molar-refractivity contribution < 1.29 is 23.2 Å². The average molecular weight is 373 g/mol. The quantitative estimate of drug-likeness (QED) is 0.825. The molecule has 4 rings (SSSR count). The van der Waals surface area contributed by atoms with Crippen LogP contribution < -0.4 is 9.64 Å². The normalized spacial score (nSPS) is 22.7. The molecule has 2 heterocycles. The average Bonchev–Trinajstić information content (AvgIpc) is 2.83. The van der Waals surface area contributed by atoms with Crippen molar-refractivity contribution >= 4 is 11.5 Å². The van der Waals surface area contributed by atoms with Gasteiger partial charge in [-0.25, -0.2) is 9.48 Å². The number of hydrogen-bond donors (Lipinski definition) is 1. The van der Waals surface area contributed by atoms with Gasteiger partial charge in [-0.1, -0.05) is 18.2 Å². The number of halogens is 2. The van der Waals surface area contributed by atoms with E-state index in [0.717, 1.165) is 43.8 Å². The van der Waals surface area contributed by atoms with E-state index < -0.39 is 12.3 Å². The minimum atomic E-state index is -2.86. The number of ether oxygens (including phenoxy) is 1. The summed E-state index contributed by atoms with van der Waals surface area (Å²) in [4.78, 5) is 2.18. The number of β-amino-alcohol motifs (C(OH)–C–C–N with tert-alkyl or cyclic N) is 1. The van der Waals surface area contributed by atoms with Crippen LogP contribution in [0.3, 0.4) is 0 Å². The highest BCUT2D eigenvalue weighted by atomic mass is 19.3. The molecule has 2 aliphatic rings. The molecule has 0 unspecified atom stereocenters. The summed E-state index contributed by atoms with van der Waals surface area (Å²) in [5, 5.41) is 11.7. The lowest BCUT2D eigenvalue weighted by Gasteiger charge is -2.23. The number of para-hydroxylation sites is 1. The number of hydrogen-bond acceptors (Lipinski definition) is 3. The van der Waals surface area contributed by atoms with Crippen LogP contribution in [0.5, 0.6) is 5.75 Å². The second-order valence-electron chi connectivity index (χ2n) is 7.02. The molecule has 0 saturated carbocycles. The maximum atomic E-state index is 12.4. The van der Waals surface area contributed by atoms with E-state index in [2.05, 4.69) is 14.2 Å². The molecule has 2 aromatic rings. The third-order valence-corrected chi connectivity index (χ3v) is 5.34. The topological polar surface area (TPSA) is 35.7 Å². The number of nitrogens with zero attached hydrogens (tertiary/aromatic N) is 2. The van der Waals surface area contributed by atoms with E-state index in [1.165, 1.54) is 12.1 Å². The van der Waals surface area contributed by atoms with Crippen molar-refractivity contribution in [3.63, 3.8) is 0 Å². The van der Waals surface area contributed by atoms with Crippen molar-refractivity contribution in [3.8, 4) is 5.75 Å². The Bertz CT molecular complexity index is 824. The number of aliphatic hydroxyl groups is 1. The Morgan fingerprint density at radius 2 is 1.74 bits per heavy atom. The lowest BCUT2D eigenvalue weighted by molar-refractivity contribution is -0.658. The molecule has 0 bridgehead atoms. The van der Waals surface area contributed by atoms with E-state index in [0.29, 0.717) is 12.1 Å². The molecule has 1 N–H and O–H groups in total. The summed E-state index contributed by atoms with van der Waals surface area (Å²) in [6.07, 6.45) is 4.14. The van der Waals surface area contributed by atoms with Crippen molar-refractivity contribution in [2.45, 2.75) is 38.0 Å². The highest BCUT2D eigenvalue weighted by Crippen LogP contribution is 2.35. The predicted molar refractivity (Wildman–Crippen MR) is 99.4 cm³/mol. The van der Waals surface area contributed by atoms with E-state index in [1.807, 2.05) is 30.3 Å². The van der Waals surface area contributed by atoms with Crippen molar-refractivity contribution in [1.82, 2.24) is 0 Å². The van der Waals surface area contributed by atoms with Gasteiger partial charge in [0.2, 0.25) is 0 Å². The highest BCUT2D eigenvalue weighted by Gasteiger charge is 2.51. The standard InChI is InChI=1S/C21H23F2N2O2/c22-20(23)27-18-12-10-16(11-13-18)21(26)15-24(17-7-3-1-4-8-17)19-9-5-2-6-14-25(19)21/h1,3-4,7-8,10-13,20,26H,2,5-6,9,14-15H2/q+1/t21-/m1/s1. The second kappa shape index (κ2) is 7.27. The van der Waals surface area contributed by atoms with Crippen molar-refractivity contribution in [1.29, 1.82) is 0 Å². The molecule has 1 atom stereocenters. The molecular weight excluding hydrogens is 350 g/mol. The first-order valence-corrected chi connectivity index (χ1v) is 9.32. The van der Waals surface area contributed by atoms with Gasteiger partial charge in [0.1, 0.15) is 11.4 Å². The Labute approximate surface area is 157 Å². The second-order valence-corrected chi connectivity index (χ2v) is 7.02. The van der Waals surface area contributed by atoms with Crippen LogP contribution in [0.1, 0.15) is 31.2 Å². The van der Waals surface area contributed by atoms with Gasteiger partial charge in [0, 0.05) is 12.0 Å². The molecule has 0 radical (unpaired) electrons. The van der Waals surface area contributed by atoms with Gasteiger partial charge >= 0.3 is 6.61 Å². The number of benzene rings is 2. The molecule has 0 aliphatic carbocycles. The van der Waals surface area contributed by atoms with Crippen LogP contribution in [0.2, 0.25) is 0 Å². The third-order valence-electron chi connectivity index (χ3n) is 5.34. The van der Waals surface area contributed by atoms with Gasteiger partial charge < -0.3 is 9.84 Å². The molecule has 0 fully saturated rings. The van der Waals surface area contributed by atoms with E-state index in [9.17, 15) is 13.9 Å². The molecule has 2 aromatic carbocycles. The molecule has 6 heteroatoms. The van der Waals surface area contributed by atoms with Crippen molar-refractivity contribution in [2.24, 2.45) is 0 Å². The fourth-order valence-electron chi connectivity index (χ4n) is 4.07. The van der Waals surface area contributed by atoms with Crippen LogP contribution in [0.15, 0.2) is 54.6 Å². The maximum absolute atomic E-state index is 12.4. The molecule has 0 spiro atoms. The zero-order valence-electron chi connectivity index (χ0n) is 15.0. The zero-order chi connectivity index (χ0) is 18.9. The molecule has 2 aliphatic heterocycles. The van der Waals surface area contributed by atoms with Gasteiger partial charge in [0.15, 0.2) is 6.54 Å². The summed E-state index contributed by atoms with van der Waals surface area (Å²) in [6.45, 7) is -1.68. The molecule has 27 heavy (non-hydrogen) atoms. The number of amidine groups is 1. The van der Waals surface area contributed by atoms with E-state index in [1.54, 1.807) is 12.1 Å². The number of alkyl halides is 2. The molecule has 4 nitrogen and oxygen atoms in total. The molecule has 0 amide bonds. The van der Waals surface area contributed by atoms with Crippen LogP contribution >= 0.6 is 0 Å². The largest absolute Gasteiger partial charge is 0.435 e. The van der Waals surface area contributed by atoms with Crippen LogP contribution in [0.25, 0.3) is 0 Å². The fourth-order valence-corrected chi connectivity index (χ4v) is 4.07. The first kappa shape index (κ1) is 17.9. The summed E-state index contributed by atoms with van der Waals surface area (Å²) in [5.41, 5.74) is 0.536. The minimum absolute atomic E-state index is 0.0929. The first-order chi connectivity index (χ1) is 13.1. The Morgan fingerprint density at radius 3 is 2.44 bits per heavy atom. The van der Waals surface area contributed by atoms with Crippen LogP contribution in [0, 0.1) is 0 Å². The summed E-state index contributed by atoms with van der Waals surface area (Å²) in [7, 11) is 0. The monoisotopic (exact) mass is 373 g/mol. The Morgan fingerprint density at radius 1 is 1.00 bits per heavy atom. The highest BCUT2D eigenvalue weighted by molar-refractivity contribution is 5.95. The summed E-state index contributed by atoms with van der Waals surface area (Å²) < 4.78 is 31.3. The predicted octanol–water partition coefficient (Wildman–Crippen LogP) is 3.94. The minimum Gasteiger partial charge on any atom is -0.435 e. The Kier molecular flexibility index (Phi) is 4.83. The molecule has 0 aromatic heterocycles. The Hall–Kier alpha value is -2.47. The van der Waals surface area contributed by atoms with Gasteiger partial charge in [-0.05, 0) is 55.7 Å². The lowest BCUT2D eigenvalue weighted by Crippen LogP contribution is -2.41. The molecule has 0 saturated heterocycles. The Balaban J connectivity index is 1.72. The van der Waals surface area contributed by atoms with Crippen molar-refractivity contribution in [2.75, 3.05) is 18.0 Å². The van der Waals surface area contributed by atoms with Crippen LogP contribution in [-0.2, 0) is 5.72 Å². The van der Waals surface area contributed by atoms with E-state index in [-0.39, 0.29) is 5.75 Å². The number of rotatable bonds is 4. The van der Waals surface area contributed by atoms with Gasteiger partial charge in [0.25, 0.3) is 11.6 Å². The van der Waals surface area contributed by atoms with E-state index in [4.69, 9.17) is 0 Å². The maximum Gasteiger partial charge on any atom is 0.387 e. The van der Waals surface area contributed by atoms with Crippen LogP contribution in [0.4, 0.5) is 14.5 Å². The van der Waals surface area contributed by atoms with Crippen molar-refractivity contribution in [3.05, 3.63) is 60.2 Å². The summed E-state index contributed by atoms with van der Waals surface area (Å²) in [6, 6.07) is 16.4. The molecular formula is C21H23F2N2O2+. The van der Waals surface area contributed by atoms with Gasteiger partial charge in [-0.2, -0.15) is 8.78 Å². The third kappa shape index (κ3) is 3.41. The smallest absolute Gasteiger partial charge is 0.387 e. The SMILES string of the molecule is O[C@@]1(c2ccc(OC(F)F)cc2)CN(c2ccccc2)C2=[N+]1CCCCC2. The van der Waals surface area contributed by atoms with Gasteiger partial charge in [0.05, 0.1) is 6.54 Å². The van der Waals surface area contributed by atoms with Gasteiger partial charge in [-0.3, -0.25) is 0 Å². The van der Waals surface area contributed by atoms with E-state index >= 15 is 0 Å². The fraction of sp³-hybridized carbons (Fsp3) is 0.381. The summed E-state index contributed by atoms with van der Waals surface area (Å²) in [5.74, 6) is 1.21. The zero-order valence-corrected chi connectivity index (χ0v) is 15.0. The van der Waals surface area contributed by atoms with Crippen LogP contribution in [-0.4, -0.2) is 35.2 Å². The van der Waals surface area contributed by atoms with Gasteiger partial charge in [-0.15, -0.1) is 0 Å². The molecule has 142 valence electrons. The lowest BCUT2D eigenvalue weighted by atomic mass is 10.0. The summed E-state index contributed by atoms with van der Waals surface area (Å²) >= 11 is 0.